The van der Waals surface area contributed by atoms with Gasteiger partial charge in [0, 0.05) is 20.4 Å². The molecule has 1 aliphatic rings. The first-order chi connectivity index (χ1) is 8.32. The van der Waals surface area contributed by atoms with Crippen LogP contribution in [0.1, 0.15) is 13.8 Å². The predicted molar refractivity (Wildman–Crippen MR) is 59.2 cm³/mol. The third-order valence-corrected chi connectivity index (χ3v) is 2.64. The maximum absolute atomic E-state index is 10.9. The Balaban J connectivity index is 2.64. The molecule has 0 saturated carbocycles. The van der Waals surface area contributed by atoms with Crippen molar-refractivity contribution in [2.75, 3.05) is 6.54 Å². The number of ether oxygens (including phenoxy) is 1. The molecule has 5 atom stereocenters. The summed E-state index contributed by atoms with van der Waals surface area (Å²) in [6.45, 7) is 2.47. The van der Waals surface area contributed by atoms with Gasteiger partial charge in [-0.05, 0) is 0 Å². The van der Waals surface area contributed by atoms with E-state index in [-0.39, 0.29) is 12.5 Å². The number of nitrogens with one attached hydrogen (secondary N) is 2. The molecule has 0 aliphatic carbocycles. The maximum Gasteiger partial charge on any atom is 0.217 e. The van der Waals surface area contributed by atoms with Crippen molar-refractivity contribution in [1.82, 2.24) is 10.6 Å². The Bertz CT molecular complexity index is 321. The van der Waals surface area contributed by atoms with Crippen LogP contribution >= 0.6 is 0 Å². The van der Waals surface area contributed by atoms with Crippen LogP contribution in [0.25, 0.3) is 0 Å². The molecule has 8 nitrogen and oxygen atoms in total. The molecule has 104 valence electrons. The van der Waals surface area contributed by atoms with Crippen LogP contribution in [-0.4, -0.2) is 64.3 Å². The van der Waals surface area contributed by atoms with E-state index in [1.54, 1.807) is 0 Å². The molecule has 1 unspecified atom stereocenters. The minimum atomic E-state index is -1.45. The quantitative estimate of drug-likeness (QED) is 0.370. The summed E-state index contributed by atoms with van der Waals surface area (Å²) in [5, 5.41) is 33.9. The predicted octanol–water partition coefficient (Wildman–Crippen LogP) is -2.93. The van der Waals surface area contributed by atoms with Gasteiger partial charge in [-0.3, -0.25) is 9.59 Å². The molecule has 0 aromatic rings. The van der Waals surface area contributed by atoms with Crippen LogP contribution in [0.4, 0.5) is 0 Å². The summed E-state index contributed by atoms with van der Waals surface area (Å²) in [5.74, 6) is -0.784. The fourth-order valence-electron chi connectivity index (χ4n) is 1.75. The lowest BCUT2D eigenvalue weighted by atomic mass is 9.96. The van der Waals surface area contributed by atoms with Crippen molar-refractivity contribution < 1.29 is 29.6 Å². The Labute approximate surface area is 104 Å². The number of carbonyl (C=O) groups excluding carboxylic acids is 2. The van der Waals surface area contributed by atoms with Gasteiger partial charge in [-0.15, -0.1) is 0 Å². The van der Waals surface area contributed by atoms with Gasteiger partial charge in [-0.25, -0.2) is 0 Å². The van der Waals surface area contributed by atoms with Crippen molar-refractivity contribution in [1.29, 1.82) is 0 Å². The second-order valence-electron chi connectivity index (χ2n) is 4.21. The zero-order valence-corrected chi connectivity index (χ0v) is 10.2. The number of aliphatic hydroxyl groups excluding tert-OH is 3. The molecule has 2 amide bonds. The van der Waals surface area contributed by atoms with Crippen molar-refractivity contribution in [3.05, 3.63) is 0 Å². The molecule has 0 spiro atoms. The van der Waals surface area contributed by atoms with Crippen molar-refractivity contribution in [3.8, 4) is 0 Å². The van der Waals surface area contributed by atoms with Gasteiger partial charge >= 0.3 is 0 Å². The van der Waals surface area contributed by atoms with Gasteiger partial charge in [-0.1, -0.05) is 0 Å². The molecule has 0 aromatic heterocycles. The van der Waals surface area contributed by atoms with E-state index >= 15 is 0 Å². The lowest BCUT2D eigenvalue weighted by Crippen LogP contribution is -2.64. The molecule has 8 heteroatoms. The van der Waals surface area contributed by atoms with E-state index in [1.807, 2.05) is 0 Å². The van der Waals surface area contributed by atoms with Crippen LogP contribution in [0.3, 0.4) is 0 Å². The summed E-state index contributed by atoms with van der Waals surface area (Å²) in [7, 11) is 0. The fourth-order valence-corrected chi connectivity index (χ4v) is 1.75. The van der Waals surface area contributed by atoms with Gasteiger partial charge in [0.2, 0.25) is 11.8 Å². The molecule has 1 rings (SSSR count). The van der Waals surface area contributed by atoms with Gasteiger partial charge in [0.15, 0.2) is 6.29 Å². The molecule has 1 aliphatic heterocycles. The van der Waals surface area contributed by atoms with Crippen LogP contribution in [0.2, 0.25) is 0 Å². The Morgan fingerprint density at radius 2 is 1.72 bits per heavy atom. The van der Waals surface area contributed by atoms with Crippen LogP contribution in [0, 0.1) is 0 Å². The number of aliphatic hydroxyl groups is 3. The van der Waals surface area contributed by atoms with Crippen LogP contribution in [0.15, 0.2) is 0 Å². The van der Waals surface area contributed by atoms with E-state index in [0.29, 0.717) is 0 Å². The molecule has 1 heterocycles. The smallest absolute Gasteiger partial charge is 0.217 e. The Hall–Kier alpha value is -1.22. The minimum absolute atomic E-state index is 0.0442. The average Bonchev–Trinajstić information content (AvgIpc) is 2.27. The fraction of sp³-hybridized carbons (Fsp3) is 0.800. The topological polar surface area (TPSA) is 128 Å². The molecule has 1 fully saturated rings. The number of amides is 2. The number of hydrogen-bond donors (Lipinski definition) is 5. The molecule has 0 aromatic carbocycles. The maximum atomic E-state index is 10.9. The standard InChI is InChI=1S/C10H18N2O6/c1-4(13)11-3-6-8(15)9(16)7(10(17)18-6)12-5(2)14/h6-10,15-17H,3H2,1-2H3,(H,11,13)(H,12,14)/t6-,7-,8-,9-,10?/m1/s1. The summed E-state index contributed by atoms with van der Waals surface area (Å²) in [6, 6.07) is -1.11. The Kier molecular flexibility index (Phi) is 5.03. The second kappa shape index (κ2) is 6.10. The van der Waals surface area contributed by atoms with Crippen LogP contribution < -0.4 is 10.6 Å². The number of carbonyl (C=O) groups is 2. The van der Waals surface area contributed by atoms with E-state index in [9.17, 15) is 24.9 Å². The first kappa shape index (κ1) is 14.8. The lowest BCUT2D eigenvalue weighted by molar-refractivity contribution is -0.245. The van der Waals surface area contributed by atoms with Gasteiger partial charge in [-0.2, -0.15) is 0 Å². The third-order valence-electron chi connectivity index (χ3n) is 2.64. The molecule has 0 radical (unpaired) electrons. The van der Waals surface area contributed by atoms with Crippen LogP contribution in [0.5, 0.6) is 0 Å². The highest BCUT2D eigenvalue weighted by molar-refractivity contribution is 5.73. The van der Waals surface area contributed by atoms with Crippen molar-refractivity contribution in [2.24, 2.45) is 0 Å². The largest absolute Gasteiger partial charge is 0.388 e. The summed E-state index contributed by atoms with van der Waals surface area (Å²) >= 11 is 0. The second-order valence-corrected chi connectivity index (χ2v) is 4.21. The summed E-state index contributed by atoms with van der Waals surface area (Å²) in [4.78, 5) is 21.6. The van der Waals surface area contributed by atoms with Crippen molar-refractivity contribution >= 4 is 11.8 Å². The zero-order chi connectivity index (χ0) is 13.9. The molecule has 1 saturated heterocycles. The lowest BCUT2D eigenvalue weighted by Gasteiger charge is -2.40. The van der Waals surface area contributed by atoms with E-state index in [2.05, 4.69) is 10.6 Å². The normalized spacial score (nSPS) is 35.9. The molecular formula is C10H18N2O6. The van der Waals surface area contributed by atoms with Crippen molar-refractivity contribution in [3.63, 3.8) is 0 Å². The molecular weight excluding hydrogens is 244 g/mol. The van der Waals surface area contributed by atoms with E-state index in [4.69, 9.17) is 4.74 Å². The van der Waals surface area contributed by atoms with Gasteiger partial charge in [0.05, 0.1) is 0 Å². The summed E-state index contributed by atoms with van der Waals surface area (Å²) < 4.78 is 5.05. The van der Waals surface area contributed by atoms with Gasteiger partial charge < -0.3 is 30.7 Å². The highest BCUT2D eigenvalue weighted by atomic mass is 16.6. The average molecular weight is 262 g/mol. The molecule has 18 heavy (non-hydrogen) atoms. The summed E-state index contributed by atoms with van der Waals surface area (Å²) in [5.41, 5.74) is 0. The first-order valence-electron chi connectivity index (χ1n) is 5.54. The third kappa shape index (κ3) is 3.64. The highest BCUT2D eigenvalue weighted by Crippen LogP contribution is 2.19. The van der Waals surface area contributed by atoms with E-state index in [0.717, 1.165) is 0 Å². The first-order valence-corrected chi connectivity index (χ1v) is 5.54. The zero-order valence-electron chi connectivity index (χ0n) is 10.2. The Morgan fingerprint density at radius 1 is 1.11 bits per heavy atom. The number of hydrogen-bond acceptors (Lipinski definition) is 6. The molecule has 0 bridgehead atoms. The molecule has 5 N–H and O–H groups in total. The van der Waals surface area contributed by atoms with Gasteiger partial charge in [0.25, 0.3) is 0 Å². The van der Waals surface area contributed by atoms with Crippen molar-refractivity contribution in [2.45, 2.75) is 44.5 Å². The Morgan fingerprint density at radius 3 is 2.22 bits per heavy atom. The van der Waals surface area contributed by atoms with Gasteiger partial charge in [0.1, 0.15) is 24.4 Å². The SMILES string of the molecule is CC(=O)NC[C@H]1OC(O)[C@H](NC(C)=O)[C@@H](O)[C@@H]1O. The highest BCUT2D eigenvalue weighted by Gasteiger charge is 2.44. The number of rotatable bonds is 3. The van der Waals surface area contributed by atoms with E-state index < -0.39 is 36.6 Å². The summed E-state index contributed by atoms with van der Waals surface area (Å²) in [6.07, 6.45) is -5.09. The van der Waals surface area contributed by atoms with Crippen LogP contribution in [-0.2, 0) is 14.3 Å². The van der Waals surface area contributed by atoms with E-state index in [1.165, 1.54) is 13.8 Å². The monoisotopic (exact) mass is 262 g/mol. The minimum Gasteiger partial charge on any atom is -0.388 e.